The third-order valence-electron chi connectivity index (χ3n) is 4.37. The number of nitrogens with zero attached hydrogens (tertiary/aromatic N) is 1. The molecule has 0 bridgehead atoms. The van der Waals surface area contributed by atoms with Gasteiger partial charge in [0.2, 0.25) is 5.91 Å². The maximum absolute atomic E-state index is 13.2. The molecular weight excluding hydrogens is 300 g/mol. The van der Waals surface area contributed by atoms with E-state index in [2.05, 4.69) is 5.32 Å². The Labute approximate surface area is 142 Å². The van der Waals surface area contributed by atoms with Crippen LogP contribution in [0.25, 0.3) is 0 Å². The zero-order valence-corrected chi connectivity index (χ0v) is 13.9. The van der Waals surface area contributed by atoms with Crippen molar-refractivity contribution < 1.29 is 9.59 Å². The van der Waals surface area contributed by atoms with Crippen LogP contribution in [0.4, 0.5) is 5.69 Å². The number of carbonyl (C=O) groups excluding carboxylic acids is 2. The van der Waals surface area contributed by atoms with Crippen LogP contribution in [0.15, 0.2) is 54.6 Å². The molecule has 4 heteroatoms. The third kappa shape index (κ3) is 3.48. The summed E-state index contributed by atoms with van der Waals surface area (Å²) in [5.41, 5.74) is 2.46. The fraction of sp³-hybridized carbons (Fsp3) is 0.300. The molecule has 124 valence electrons. The highest BCUT2D eigenvalue weighted by molar-refractivity contribution is 6.09. The molecule has 2 aromatic carbocycles. The fourth-order valence-electron chi connectivity index (χ4n) is 3.03. The molecule has 1 unspecified atom stereocenters. The van der Waals surface area contributed by atoms with E-state index in [-0.39, 0.29) is 11.8 Å². The van der Waals surface area contributed by atoms with Gasteiger partial charge in [-0.1, -0.05) is 35.9 Å². The number of aryl methyl sites for hydroxylation is 1. The Balaban J connectivity index is 2.00. The average molecular weight is 322 g/mol. The summed E-state index contributed by atoms with van der Waals surface area (Å²) in [5, 5.41) is 2.93. The number of rotatable bonds is 3. The molecule has 1 saturated heterocycles. The largest absolute Gasteiger partial charge is 0.354 e. The lowest BCUT2D eigenvalue weighted by molar-refractivity contribution is -0.122. The van der Waals surface area contributed by atoms with Gasteiger partial charge < -0.3 is 5.32 Å². The molecule has 1 N–H and O–H groups in total. The highest BCUT2D eigenvalue weighted by Gasteiger charge is 2.32. The van der Waals surface area contributed by atoms with Crippen LogP contribution in [-0.4, -0.2) is 24.4 Å². The molecule has 1 aliphatic rings. The molecule has 2 amide bonds. The first-order valence-corrected chi connectivity index (χ1v) is 8.40. The van der Waals surface area contributed by atoms with Gasteiger partial charge in [0, 0.05) is 17.8 Å². The van der Waals surface area contributed by atoms with Crippen LogP contribution in [-0.2, 0) is 4.79 Å². The van der Waals surface area contributed by atoms with Crippen LogP contribution >= 0.6 is 0 Å². The van der Waals surface area contributed by atoms with E-state index in [1.54, 1.807) is 4.90 Å². The Morgan fingerprint density at radius 1 is 1.04 bits per heavy atom. The maximum Gasteiger partial charge on any atom is 0.259 e. The molecule has 1 aliphatic heterocycles. The summed E-state index contributed by atoms with van der Waals surface area (Å²) in [5.74, 6) is -0.208. The zero-order valence-electron chi connectivity index (χ0n) is 13.9. The van der Waals surface area contributed by atoms with E-state index >= 15 is 0 Å². The summed E-state index contributed by atoms with van der Waals surface area (Å²) in [6.07, 6.45) is 2.55. The first-order chi connectivity index (χ1) is 11.7. The van der Waals surface area contributed by atoms with E-state index < -0.39 is 6.04 Å². The van der Waals surface area contributed by atoms with E-state index in [1.165, 1.54) is 0 Å². The minimum Gasteiger partial charge on any atom is -0.354 e. The topological polar surface area (TPSA) is 49.4 Å². The molecule has 0 saturated carbocycles. The normalized spacial score (nSPS) is 17.7. The molecule has 1 atom stereocenters. The number of carbonyl (C=O) groups is 2. The van der Waals surface area contributed by atoms with Crippen LogP contribution in [0.1, 0.15) is 35.2 Å². The zero-order chi connectivity index (χ0) is 16.9. The molecule has 0 aromatic heterocycles. The predicted molar refractivity (Wildman–Crippen MR) is 95.1 cm³/mol. The highest BCUT2D eigenvalue weighted by Crippen LogP contribution is 2.24. The summed E-state index contributed by atoms with van der Waals surface area (Å²) in [4.78, 5) is 27.3. The van der Waals surface area contributed by atoms with Crippen LogP contribution in [0.3, 0.4) is 0 Å². The van der Waals surface area contributed by atoms with Crippen molar-refractivity contribution in [3.8, 4) is 0 Å². The van der Waals surface area contributed by atoms with Gasteiger partial charge in [0.05, 0.1) is 0 Å². The molecule has 2 aromatic rings. The van der Waals surface area contributed by atoms with Crippen molar-refractivity contribution >= 4 is 17.5 Å². The molecule has 24 heavy (non-hydrogen) atoms. The Kier molecular flexibility index (Phi) is 4.94. The molecular formula is C20H22N2O2. The molecule has 3 rings (SSSR count). The number of benzene rings is 2. The summed E-state index contributed by atoms with van der Waals surface area (Å²) in [6.45, 7) is 2.67. The van der Waals surface area contributed by atoms with E-state index in [1.807, 2.05) is 61.5 Å². The summed E-state index contributed by atoms with van der Waals surface area (Å²) < 4.78 is 0. The first-order valence-electron chi connectivity index (χ1n) is 8.40. The van der Waals surface area contributed by atoms with Gasteiger partial charge in [-0.15, -0.1) is 0 Å². The molecule has 1 heterocycles. The minimum atomic E-state index is -0.469. The standard InChI is InChI=1S/C20H22N2O2/c1-15-10-12-16(13-11-15)20(24)22(17-7-3-2-4-8-17)18-9-5-6-14-21-19(18)23/h2-4,7-8,10-13,18H,5-6,9,14H2,1H3,(H,21,23). The minimum absolute atomic E-state index is 0.0724. The van der Waals surface area contributed by atoms with Crippen molar-refractivity contribution in [3.63, 3.8) is 0 Å². The molecule has 0 aliphatic carbocycles. The monoisotopic (exact) mass is 322 g/mol. The lowest BCUT2D eigenvalue weighted by Gasteiger charge is -2.30. The van der Waals surface area contributed by atoms with Crippen molar-refractivity contribution in [1.29, 1.82) is 0 Å². The number of nitrogens with one attached hydrogen (secondary N) is 1. The van der Waals surface area contributed by atoms with Crippen molar-refractivity contribution in [1.82, 2.24) is 5.32 Å². The molecule has 1 fully saturated rings. The second-order valence-corrected chi connectivity index (χ2v) is 6.18. The summed E-state index contributed by atoms with van der Waals surface area (Å²) >= 11 is 0. The van der Waals surface area contributed by atoms with Crippen LogP contribution in [0.5, 0.6) is 0 Å². The SMILES string of the molecule is Cc1ccc(C(=O)N(c2ccccc2)C2CCCCNC2=O)cc1. The predicted octanol–water partition coefficient (Wildman–Crippen LogP) is 3.31. The number of hydrogen-bond acceptors (Lipinski definition) is 2. The lowest BCUT2D eigenvalue weighted by Crippen LogP contribution is -2.49. The summed E-state index contributed by atoms with van der Waals surface area (Å²) in [7, 11) is 0. The molecule has 4 nitrogen and oxygen atoms in total. The van der Waals surface area contributed by atoms with Gasteiger partial charge >= 0.3 is 0 Å². The Morgan fingerprint density at radius 3 is 2.46 bits per heavy atom. The number of hydrogen-bond donors (Lipinski definition) is 1. The van der Waals surface area contributed by atoms with Gasteiger partial charge in [-0.3, -0.25) is 14.5 Å². The van der Waals surface area contributed by atoms with Gasteiger partial charge in [0.25, 0.3) is 5.91 Å². The van der Waals surface area contributed by atoms with Crippen LogP contribution < -0.4 is 10.2 Å². The van der Waals surface area contributed by atoms with Gasteiger partial charge in [0.15, 0.2) is 0 Å². The van der Waals surface area contributed by atoms with Gasteiger partial charge in [0.1, 0.15) is 6.04 Å². The van der Waals surface area contributed by atoms with E-state index in [4.69, 9.17) is 0 Å². The van der Waals surface area contributed by atoms with Crippen molar-refractivity contribution in [2.75, 3.05) is 11.4 Å². The summed E-state index contributed by atoms with van der Waals surface area (Å²) in [6, 6.07) is 16.5. The number of anilines is 1. The van der Waals surface area contributed by atoms with Gasteiger partial charge in [-0.2, -0.15) is 0 Å². The van der Waals surface area contributed by atoms with Gasteiger partial charge in [-0.05, 0) is 50.5 Å². The maximum atomic E-state index is 13.2. The van der Waals surface area contributed by atoms with E-state index in [9.17, 15) is 9.59 Å². The van der Waals surface area contributed by atoms with Crippen molar-refractivity contribution in [2.24, 2.45) is 0 Å². The van der Waals surface area contributed by atoms with Crippen LogP contribution in [0, 0.1) is 6.92 Å². The highest BCUT2D eigenvalue weighted by atomic mass is 16.2. The Morgan fingerprint density at radius 2 is 1.75 bits per heavy atom. The van der Waals surface area contributed by atoms with Crippen LogP contribution in [0.2, 0.25) is 0 Å². The van der Waals surface area contributed by atoms with Crippen molar-refractivity contribution in [3.05, 3.63) is 65.7 Å². The Hall–Kier alpha value is -2.62. The molecule has 0 radical (unpaired) electrons. The second-order valence-electron chi connectivity index (χ2n) is 6.18. The van der Waals surface area contributed by atoms with E-state index in [0.717, 1.165) is 24.1 Å². The van der Waals surface area contributed by atoms with Gasteiger partial charge in [-0.25, -0.2) is 0 Å². The Bertz CT molecular complexity index is 710. The quantitative estimate of drug-likeness (QED) is 0.942. The second kappa shape index (κ2) is 7.30. The van der Waals surface area contributed by atoms with Crippen molar-refractivity contribution in [2.45, 2.75) is 32.2 Å². The molecule has 0 spiro atoms. The lowest BCUT2D eigenvalue weighted by atomic mass is 10.0. The number of amides is 2. The third-order valence-corrected chi connectivity index (χ3v) is 4.37. The smallest absolute Gasteiger partial charge is 0.259 e. The average Bonchev–Trinajstić information content (AvgIpc) is 2.82. The first kappa shape index (κ1) is 16.2. The van der Waals surface area contributed by atoms with E-state index in [0.29, 0.717) is 18.5 Å². The number of para-hydroxylation sites is 1. The fourth-order valence-corrected chi connectivity index (χ4v) is 3.03.